The van der Waals surface area contributed by atoms with E-state index in [0.717, 1.165) is 33.9 Å². The fourth-order valence-electron chi connectivity index (χ4n) is 8.13. The van der Waals surface area contributed by atoms with Crippen molar-refractivity contribution in [2.45, 2.75) is 141 Å². The second kappa shape index (κ2) is 22.6. The van der Waals surface area contributed by atoms with Gasteiger partial charge in [0.2, 0.25) is 0 Å². The molecule has 0 heterocycles. The van der Waals surface area contributed by atoms with Crippen LogP contribution in [0.3, 0.4) is 0 Å². The van der Waals surface area contributed by atoms with Crippen molar-refractivity contribution >= 4 is 29.0 Å². The summed E-state index contributed by atoms with van der Waals surface area (Å²) in [6, 6.07) is 29.8. The minimum absolute atomic E-state index is 0. The van der Waals surface area contributed by atoms with E-state index < -0.39 is 18.0 Å². The Hall–Kier alpha value is -2.72. The van der Waals surface area contributed by atoms with Crippen LogP contribution in [-0.4, -0.2) is 43.3 Å². The van der Waals surface area contributed by atoms with E-state index in [4.69, 9.17) is 28.2 Å². The molecule has 6 nitrogen and oxygen atoms in total. The normalized spacial score (nSPS) is 15.2. The molecule has 9 heteroatoms. The smallest absolute Gasteiger partial charge is 0.128 e. The molecule has 0 aromatic heterocycles. The molecule has 0 bridgehead atoms. The van der Waals surface area contributed by atoms with Crippen molar-refractivity contribution < 1.29 is 42.9 Å². The van der Waals surface area contributed by atoms with Gasteiger partial charge < -0.3 is 19.8 Å². The quantitative estimate of drug-likeness (QED) is 0.0721. The van der Waals surface area contributed by atoms with Gasteiger partial charge >= 0.3 is 0 Å². The molecule has 0 atom stereocenters. The molecule has 1 N–H and O–H groups in total. The second-order valence-electron chi connectivity index (χ2n) is 16.8. The average Bonchev–Trinajstić information content (AvgIpc) is 3.15. The molecular weight excluding hydrogens is 840 g/mol. The van der Waals surface area contributed by atoms with E-state index in [1.165, 1.54) is 91.8 Å². The maximum atomic E-state index is 9.08. The molecule has 4 aromatic carbocycles. The number of benzene rings is 4. The number of rotatable bonds is 9. The number of nitrogens with one attached hydrogen (secondary N) is 1. The standard InChI is InChI=1S/C35H53O2P.C12H9N.CH4O3S.Pd/c1-24(2)28-20-15-21-29(25(3)4)32(28)33-30(36-8)22-23-31(37-35(5,6)7)34(33)38(26-16-11-9-12-17-26)27-18-13-10-14-19-27;13-12-9-5-4-8-11(12)10-6-2-1-3-7-10;1-5(2,3)4;/h15,20-27H,9-14,16-19H2,1-8H3;1-6,8-9,13H;1H3,(H,2,3,4);/q;-2;;/p-1. The monoisotopic (exact) mass is 904 g/mol. The summed E-state index contributed by atoms with van der Waals surface area (Å²) in [7, 11) is -2.45. The van der Waals surface area contributed by atoms with Crippen molar-refractivity contribution in [3.05, 3.63) is 102 Å². The van der Waals surface area contributed by atoms with Crippen LogP contribution in [0.2, 0.25) is 0 Å². The van der Waals surface area contributed by atoms with Crippen molar-refractivity contribution in [2.75, 3.05) is 13.4 Å². The molecule has 4 aromatic rings. The Balaban J connectivity index is 0.000000377. The van der Waals surface area contributed by atoms with E-state index >= 15 is 0 Å². The zero-order valence-electron chi connectivity index (χ0n) is 35.6. The van der Waals surface area contributed by atoms with Gasteiger partial charge in [0.15, 0.2) is 0 Å². The largest absolute Gasteiger partial charge is 0.748 e. The summed E-state index contributed by atoms with van der Waals surface area (Å²) in [5, 5.41) is 1.52. The third kappa shape index (κ3) is 14.5. The van der Waals surface area contributed by atoms with Crippen molar-refractivity contribution in [1.82, 2.24) is 0 Å². The van der Waals surface area contributed by atoms with Gasteiger partial charge in [0.25, 0.3) is 0 Å². The predicted octanol–water partition coefficient (Wildman–Crippen LogP) is 13.6. The summed E-state index contributed by atoms with van der Waals surface area (Å²) in [5.41, 5.74) is 17.1. The van der Waals surface area contributed by atoms with Crippen molar-refractivity contribution in [1.29, 1.82) is 0 Å². The van der Waals surface area contributed by atoms with E-state index in [1.807, 2.05) is 49.6 Å². The molecule has 2 fully saturated rings. The Kier molecular flexibility index (Phi) is 19.3. The van der Waals surface area contributed by atoms with Crippen LogP contribution in [0.5, 0.6) is 11.5 Å². The first-order chi connectivity index (χ1) is 26.5. The van der Waals surface area contributed by atoms with Crippen LogP contribution >= 0.6 is 7.92 Å². The molecule has 0 saturated heterocycles. The summed E-state index contributed by atoms with van der Waals surface area (Å²) in [4.78, 5) is 0. The van der Waals surface area contributed by atoms with Crippen LogP contribution in [0, 0.1) is 6.07 Å². The Morgan fingerprint density at radius 3 is 1.67 bits per heavy atom. The third-order valence-corrected chi connectivity index (χ3v) is 14.0. The first-order valence-corrected chi connectivity index (χ1v) is 23.8. The number of hydrogen-bond acceptors (Lipinski definition) is 5. The molecule has 316 valence electrons. The molecule has 0 amide bonds. The average molecular weight is 906 g/mol. The third-order valence-electron chi connectivity index (χ3n) is 10.5. The molecule has 57 heavy (non-hydrogen) atoms. The summed E-state index contributed by atoms with van der Waals surface area (Å²) >= 11 is 0. The molecule has 0 spiro atoms. The minimum atomic E-state index is -3.92. The van der Waals surface area contributed by atoms with Crippen molar-refractivity contribution in [2.24, 2.45) is 0 Å². The Morgan fingerprint density at radius 2 is 1.23 bits per heavy atom. The van der Waals surface area contributed by atoms with Gasteiger partial charge in [-0.2, -0.15) is 5.69 Å². The van der Waals surface area contributed by atoms with Crippen LogP contribution in [0.25, 0.3) is 28.0 Å². The number of methoxy groups -OCH3 is 1. The predicted molar refractivity (Wildman–Crippen MR) is 238 cm³/mol. The van der Waals surface area contributed by atoms with Gasteiger partial charge in [-0.25, -0.2) is 8.42 Å². The van der Waals surface area contributed by atoms with Crippen molar-refractivity contribution in [3.8, 4) is 33.8 Å². The summed E-state index contributed by atoms with van der Waals surface area (Å²) in [6.45, 7) is 16.0. The van der Waals surface area contributed by atoms with Crippen LogP contribution < -0.4 is 14.8 Å². The van der Waals surface area contributed by atoms with E-state index in [2.05, 4.69) is 84.9 Å². The van der Waals surface area contributed by atoms with Crippen LogP contribution in [0.15, 0.2) is 78.9 Å². The topological polar surface area (TPSA) is 99.5 Å². The molecule has 0 radical (unpaired) electrons. The zero-order chi connectivity index (χ0) is 41.0. The maximum Gasteiger partial charge on any atom is 0.128 e. The SMILES string of the molecule is COc1ccc(OC(C)(C)C)c(P(C2CCCCC2)C2CCCCC2)c1-c1c(C(C)C)cccc1C(C)C.CS(=O)(=O)[O-].[NH-]c1ccccc1-c1[c-]cccc1.[Pd]. The van der Waals surface area contributed by atoms with E-state index in [1.54, 1.807) is 6.07 Å². The summed E-state index contributed by atoms with van der Waals surface area (Å²) in [6.07, 6.45) is 14.4. The first-order valence-electron chi connectivity index (χ1n) is 20.5. The van der Waals surface area contributed by atoms with E-state index in [9.17, 15) is 0 Å². The molecule has 6 rings (SSSR count). The van der Waals surface area contributed by atoms with Gasteiger partial charge in [0, 0.05) is 37.5 Å². The summed E-state index contributed by atoms with van der Waals surface area (Å²) < 4.78 is 40.4. The molecule has 2 aliphatic rings. The fourth-order valence-corrected chi connectivity index (χ4v) is 12.2. The van der Waals surface area contributed by atoms with Crippen molar-refractivity contribution in [3.63, 3.8) is 0 Å². The van der Waals surface area contributed by atoms with Gasteiger partial charge in [-0.1, -0.05) is 117 Å². The van der Waals surface area contributed by atoms with E-state index in [0.29, 0.717) is 23.8 Å². The Bertz CT molecular complexity index is 1880. The molecular formula is C48H65NO5PPdS-3. The Labute approximate surface area is 360 Å². The van der Waals surface area contributed by atoms with Gasteiger partial charge in [-0.15, -0.1) is 41.5 Å². The number of ether oxygens (including phenoxy) is 2. The molecule has 2 aliphatic carbocycles. The first kappa shape index (κ1) is 48.6. The molecule has 2 saturated carbocycles. The van der Waals surface area contributed by atoms with Gasteiger partial charge in [-0.05, 0) is 98.4 Å². The minimum Gasteiger partial charge on any atom is -0.748 e. The summed E-state index contributed by atoms with van der Waals surface area (Å²) in [5.74, 6) is 3.01. The van der Waals surface area contributed by atoms with Gasteiger partial charge in [-0.3, -0.25) is 0 Å². The number of hydrogen-bond donors (Lipinski definition) is 0. The Morgan fingerprint density at radius 1 is 0.737 bits per heavy atom. The van der Waals surface area contributed by atoms with E-state index in [-0.39, 0.29) is 26.0 Å². The van der Waals surface area contributed by atoms with Crippen LogP contribution in [-0.2, 0) is 30.5 Å². The van der Waals surface area contributed by atoms with Gasteiger partial charge in [0.1, 0.15) is 17.1 Å². The fraction of sp³-hybridized carbons (Fsp3) is 0.500. The van der Waals surface area contributed by atoms with Crippen LogP contribution in [0.4, 0.5) is 5.69 Å². The zero-order valence-corrected chi connectivity index (χ0v) is 38.9. The molecule has 0 aliphatic heterocycles. The van der Waals surface area contributed by atoms with Gasteiger partial charge in [0.05, 0.1) is 17.2 Å². The molecule has 0 unspecified atom stereocenters. The van der Waals surface area contributed by atoms with Crippen LogP contribution in [0.1, 0.15) is 136 Å². The second-order valence-corrected chi connectivity index (χ2v) is 21.0. The maximum absolute atomic E-state index is 9.08.